The molecule has 45 heavy (non-hydrogen) atoms. The van der Waals surface area contributed by atoms with Gasteiger partial charge in [0.25, 0.3) is 11.8 Å². The summed E-state index contributed by atoms with van der Waals surface area (Å²) < 4.78 is 2.18. The van der Waals surface area contributed by atoms with E-state index in [1.165, 1.54) is 18.5 Å². The number of anilines is 1. The monoisotopic (exact) mass is 603 g/mol. The van der Waals surface area contributed by atoms with Crippen LogP contribution in [-0.2, 0) is 9.59 Å². The molecule has 3 aromatic heterocycles. The molecule has 5 heterocycles. The number of carbonyl (C=O) groups is 4. The second-order valence-corrected chi connectivity index (χ2v) is 12.7. The van der Waals surface area contributed by atoms with Gasteiger partial charge in [-0.05, 0) is 81.2 Å². The molecule has 2 aliphatic heterocycles. The maximum Gasteiger partial charge on any atom is 0.262 e. The van der Waals surface area contributed by atoms with Crippen LogP contribution in [0.4, 0.5) is 5.69 Å². The van der Waals surface area contributed by atoms with Crippen molar-refractivity contribution in [3.63, 3.8) is 0 Å². The first kappa shape index (κ1) is 27.6. The van der Waals surface area contributed by atoms with Crippen LogP contribution in [0, 0.1) is 5.92 Å². The number of rotatable bonds is 9. The highest BCUT2D eigenvalue weighted by Crippen LogP contribution is 2.47. The Morgan fingerprint density at radius 2 is 1.78 bits per heavy atom. The Morgan fingerprint density at radius 1 is 0.933 bits per heavy atom. The van der Waals surface area contributed by atoms with Crippen molar-refractivity contribution in [2.24, 2.45) is 5.92 Å². The summed E-state index contributed by atoms with van der Waals surface area (Å²) in [5.41, 5.74) is 4.66. The third kappa shape index (κ3) is 4.96. The van der Waals surface area contributed by atoms with Crippen molar-refractivity contribution in [3.05, 3.63) is 71.9 Å². The SMILES string of the molecule is O=C1CCC(N2C(=O)c3ccc(NCCCC4CC(n5cc(-c6nccc7cnccc67)c(C6CC6)n5)C4)cc3C2=O)C(=O)N1. The fourth-order valence-corrected chi connectivity index (χ4v) is 7.02. The molecular formula is C34H33N7O4. The summed E-state index contributed by atoms with van der Waals surface area (Å²) in [5.74, 6) is -0.814. The highest BCUT2D eigenvalue weighted by atomic mass is 16.2. The van der Waals surface area contributed by atoms with E-state index in [9.17, 15) is 19.2 Å². The fraction of sp³-hybridized carbons (Fsp3) is 0.382. The molecule has 8 rings (SSSR count). The standard InChI is InChI=1S/C34H33N7O4/c42-29-8-7-28(32(43)38-29)41-33(44)25-6-5-22(16-26(25)34(41)45)36-11-1-2-19-14-23(15-19)40-18-27(30(39-40)20-3-4-20)31-24-10-12-35-17-21(24)9-13-37-31/h5-6,9-10,12-13,16-20,23,28,36H,1-4,7-8,11,14-15H2,(H,38,42,43). The number of nitrogens with zero attached hydrogens (tertiary/aromatic N) is 5. The van der Waals surface area contributed by atoms with Gasteiger partial charge in [-0.25, -0.2) is 0 Å². The van der Waals surface area contributed by atoms with E-state index in [1.807, 2.05) is 30.7 Å². The molecule has 0 spiro atoms. The quantitative estimate of drug-likeness (QED) is 0.209. The summed E-state index contributed by atoms with van der Waals surface area (Å²) in [4.78, 5) is 59.9. The smallest absolute Gasteiger partial charge is 0.262 e. The number of nitrogens with one attached hydrogen (secondary N) is 2. The Labute approximate surface area is 259 Å². The van der Waals surface area contributed by atoms with Gasteiger partial charge in [0, 0.05) is 65.7 Å². The molecular weight excluding hydrogens is 570 g/mol. The lowest BCUT2D eigenvalue weighted by molar-refractivity contribution is -0.136. The number of aromatic nitrogens is 4. The number of carbonyl (C=O) groups excluding carboxylic acids is 4. The zero-order chi connectivity index (χ0) is 30.7. The number of amides is 4. The minimum Gasteiger partial charge on any atom is -0.385 e. The molecule has 4 aromatic rings. The average Bonchev–Trinajstić information content (AvgIpc) is 3.73. The molecule has 1 atom stereocenters. The summed E-state index contributed by atoms with van der Waals surface area (Å²) in [7, 11) is 0. The van der Waals surface area contributed by atoms with Crippen LogP contribution < -0.4 is 10.6 Å². The van der Waals surface area contributed by atoms with Gasteiger partial charge in [-0.15, -0.1) is 0 Å². The Kier molecular flexibility index (Phi) is 6.69. The van der Waals surface area contributed by atoms with Gasteiger partial charge in [0.15, 0.2) is 0 Å². The summed E-state index contributed by atoms with van der Waals surface area (Å²) in [6.45, 7) is 0.748. The van der Waals surface area contributed by atoms with Crippen LogP contribution >= 0.6 is 0 Å². The third-order valence-corrected chi connectivity index (χ3v) is 9.69. The molecule has 1 saturated heterocycles. The minimum absolute atomic E-state index is 0.101. The summed E-state index contributed by atoms with van der Waals surface area (Å²) in [5, 5.41) is 12.9. The van der Waals surface area contributed by atoms with Gasteiger partial charge < -0.3 is 5.32 Å². The maximum absolute atomic E-state index is 13.1. The zero-order valence-electron chi connectivity index (χ0n) is 24.7. The average molecular weight is 604 g/mol. The van der Waals surface area contributed by atoms with E-state index in [4.69, 9.17) is 10.1 Å². The highest BCUT2D eigenvalue weighted by molar-refractivity contribution is 6.23. The highest BCUT2D eigenvalue weighted by Gasteiger charge is 2.44. The Morgan fingerprint density at radius 3 is 2.60 bits per heavy atom. The molecule has 2 aliphatic carbocycles. The third-order valence-electron chi connectivity index (χ3n) is 9.69. The van der Waals surface area contributed by atoms with E-state index in [2.05, 4.69) is 26.5 Å². The second-order valence-electron chi connectivity index (χ2n) is 12.7. The molecule has 1 aromatic carbocycles. The van der Waals surface area contributed by atoms with E-state index in [0.717, 1.165) is 64.8 Å². The lowest BCUT2D eigenvalue weighted by atomic mass is 9.77. The van der Waals surface area contributed by atoms with Gasteiger partial charge >= 0.3 is 0 Å². The molecule has 3 fully saturated rings. The molecule has 4 amide bonds. The molecule has 228 valence electrons. The minimum atomic E-state index is -0.959. The van der Waals surface area contributed by atoms with Crippen molar-refractivity contribution in [1.82, 2.24) is 30.0 Å². The Balaban J connectivity index is 0.860. The molecule has 0 radical (unpaired) electrons. The van der Waals surface area contributed by atoms with Crippen molar-refractivity contribution >= 4 is 40.1 Å². The normalized spacial score (nSPS) is 22.8. The van der Waals surface area contributed by atoms with E-state index in [1.54, 1.807) is 18.2 Å². The summed E-state index contributed by atoms with van der Waals surface area (Å²) in [6, 6.07) is 8.60. The maximum atomic E-state index is 13.1. The van der Waals surface area contributed by atoms with Crippen LogP contribution in [-0.4, -0.2) is 60.9 Å². The predicted molar refractivity (Wildman–Crippen MR) is 165 cm³/mol. The van der Waals surface area contributed by atoms with Gasteiger partial charge in [-0.3, -0.25) is 44.0 Å². The number of pyridine rings is 2. The van der Waals surface area contributed by atoms with Crippen LogP contribution in [0.2, 0.25) is 0 Å². The molecule has 11 heteroatoms. The largest absolute Gasteiger partial charge is 0.385 e. The molecule has 0 bridgehead atoms. The second kappa shape index (κ2) is 10.9. The van der Waals surface area contributed by atoms with E-state index < -0.39 is 23.8 Å². The molecule has 2 saturated carbocycles. The van der Waals surface area contributed by atoms with Crippen molar-refractivity contribution in [3.8, 4) is 11.3 Å². The first-order chi connectivity index (χ1) is 21.9. The van der Waals surface area contributed by atoms with Crippen LogP contribution in [0.3, 0.4) is 0 Å². The van der Waals surface area contributed by atoms with Crippen LogP contribution in [0.25, 0.3) is 22.0 Å². The van der Waals surface area contributed by atoms with Gasteiger partial charge in [0.05, 0.1) is 28.6 Å². The Hall–Kier alpha value is -4.93. The van der Waals surface area contributed by atoms with Crippen molar-refractivity contribution in [2.45, 2.75) is 69.4 Å². The molecule has 1 unspecified atom stereocenters. The molecule has 2 N–H and O–H groups in total. The van der Waals surface area contributed by atoms with Crippen LogP contribution in [0.5, 0.6) is 0 Å². The van der Waals surface area contributed by atoms with Gasteiger partial charge in [-0.2, -0.15) is 5.10 Å². The first-order valence-corrected chi connectivity index (χ1v) is 15.8. The zero-order valence-corrected chi connectivity index (χ0v) is 24.7. The van der Waals surface area contributed by atoms with Crippen LogP contribution in [0.15, 0.2) is 55.1 Å². The number of hydrogen-bond donors (Lipinski definition) is 2. The van der Waals surface area contributed by atoms with Crippen molar-refractivity contribution in [2.75, 3.05) is 11.9 Å². The van der Waals surface area contributed by atoms with Crippen molar-refractivity contribution in [1.29, 1.82) is 0 Å². The van der Waals surface area contributed by atoms with E-state index >= 15 is 0 Å². The summed E-state index contributed by atoms with van der Waals surface area (Å²) in [6.07, 6.45) is 14.7. The number of benzene rings is 1. The fourth-order valence-electron chi connectivity index (χ4n) is 7.02. The number of hydrogen-bond acceptors (Lipinski definition) is 8. The Bertz CT molecular complexity index is 1870. The number of fused-ring (bicyclic) bond motifs is 2. The summed E-state index contributed by atoms with van der Waals surface area (Å²) >= 11 is 0. The lowest BCUT2D eigenvalue weighted by Crippen LogP contribution is -2.54. The topological polar surface area (TPSA) is 139 Å². The van der Waals surface area contributed by atoms with E-state index in [-0.39, 0.29) is 29.9 Å². The van der Waals surface area contributed by atoms with Gasteiger partial charge in [0.1, 0.15) is 6.04 Å². The van der Waals surface area contributed by atoms with Gasteiger partial charge in [0.2, 0.25) is 11.8 Å². The van der Waals surface area contributed by atoms with Crippen LogP contribution in [0.1, 0.15) is 89.7 Å². The predicted octanol–water partition coefficient (Wildman–Crippen LogP) is 4.62. The lowest BCUT2D eigenvalue weighted by Gasteiger charge is -2.35. The molecule has 11 nitrogen and oxygen atoms in total. The number of piperidine rings is 1. The molecule has 4 aliphatic rings. The first-order valence-electron chi connectivity index (χ1n) is 15.8. The van der Waals surface area contributed by atoms with E-state index in [0.29, 0.717) is 17.9 Å². The number of imide groups is 2. The van der Waals surface area contributed by atoms with Gasteiger partial charge in [-0.1, -0.05) is 0 Å². The van der Waals surface area contributed by atoms with Crippen molar-refractivity contribution < 1.29 is 19.2 Å².